The van der Waals surface area contributed by atoms with Gasteiger partial charge in [-0.2, -0.15) is 0 Å². The van der Waals surface area contributed by atoms with Crippen LogP contribution < -0.4 is 10.5 Å². The molecule has 0 atom stereocenters. The van der Waals surface area contributed by atoms with Crippen LogP contribution in [0.1, 0.15) is 18.1 Å². The number of hydrogen-bond acceptors (Lipinski definition) is 4. The van der Waals surface area contributed by atoms with Gasteiger partial charge in [0.1, 0.15) is 0 Å². The molecule has 3 aromatic rings. The second kappa shape index (κ2) is 6.85. The van der Waals surface area contributed by atoms with Crippen molar-refractivity contribution in [3.05, 3.63) is 64.1 Å². The third-order valence-electron chi connectivity index (χ3n) is 4.12. The molecule has 25 heavy (non-hydrogen) atoms. The molecule has 1 heterocycles. The van der Waals surface area contributed by atoms with E-state index in [1.54, 1.807) is 13.0 Å². The largest absolute Gasteiger partial charge is 0.419 e. The maximum absolute atomic E-state index is 12.6. The number of benzene rings is 2. The normalized spacial score (nSPS) is 11.9. The van der Waals surface area contributed by atoms with Crippen LogP contribution in [0, 0.1) is 6.92 Å². The molecule has 0 aliphatic rings. The van der Waals surface area contributed by atoms with E-state index in [4.69, 9.17) is 4.42 Å². The van der Waals surface area contributed by atoms with Gasteiger partial charge in [-0.25, -0.2) is 17.9 Å². The predicted molar refractivity (Wildman–Crippen MR) is 96.2 cm³/mol. The van der Waals surface area contributed by atoms with Crippen LogP contribution in [0.2, 0.25) is 0 Å². The Balaban J connectivity index is 1.86. The van der Waals surface area contributed by atoms with Crippen LogP contribution in [-0.4, -0.2) is 19.5 Å². The SMILES string of the molecule is CCn1c(=O)oc2cc(S(=O)(=O)NCCc3ccccc3)c(C)cc21. The molecule has 2 aromatic carbocycles. The Bertz CT molecular complexity index is 1050. The van der Waals surface area contributed by atoms with Gasteiger partial charge in [0.15, 0.2) is 5.58 Å². The summed E-state index contributed by atoms with van der Waals surface area (Å²) in [4.78, 5) is 11.9. The summed E-state index contributed by atoms with van der Waals surface area (Å²) in [5.41, 5.74) is 2.51. The number of fused-ring (bicyclic) bond motifs is 1. The summed E-state index contributed by atoms with van der Waals surface area (Å²) < 4.78 is 34.5. The van der Waals surface area contributed by atoms with Crippen molar-refractivity contribution in [2.24, 2.45) is 0 Å². The lowest BCUT2D eigenvalue weighted by Gasteiger charge is -2.10. The summed E-state index contributed by atoms with van der Waals surface area (Å²) in [6, 6.07) is 12.8. The number of nitrogens with one attached hydrogen (secondary N) is 1. The molecule has 132 valence electrons. The fraction of sp³-hybridized carbons (Fsp3) is 0.278. The van der Waals surface area contributed by atoms with Gasteiger partial charge in [-0.3, -0.25) is 4.57 Å². The lowest BCUT2D eigenvalue weighted by molar-refractivity contribution is 0.512. The monoisotopic (exact) mass is 360 g/mol. The van der Waals surface area contributed by atoms with Crippen LogP contribution in [0.25, 0.3) is 11.1 Å². The van der Waals surface area contributed by atoms with Gasteiger partial charge < -0.3 is 4.42 Å². The highest BCUT2D eigenvalue weighted by Crippen LogP contribution is 2.22. The van der Waals surface area contributed by atoms with Crippen molar-refractivity contribution in [1.29, 1.82) is 0 Å². The smallest absolute Gasteiger partial charge is 0.408 e. The molecule has 0 aliphatic heterocycles. The fourth-order valence-electron chi connectivity index (χ4n) is 2.84. The van der Waals surface area contributed by atoms with Crippen LogP contribution in [0.5, 0.6) is 0 Å². The number of hydrogen-bond donors (Lipinski definition) is 1. The van der Waals surface area contributed by atoms with Gasteiger partial charge in [0, 0.05) is 19.2 Å². The fourth-order valence-corrected chi connectivity index (χ4v) is 4.11. The maximum atomic E-state index is 12.6. The van der Waals surface area contributed by atoms with Crippen LogP contribution in [0.3, 0.4) is 0 Å². The van der Waals surface area contributed by atoms with Crippen LogP contribution in [-0.2, 0) is 23.0 Å². The quantitative estimate of drug-likeness (QED) is 0.732. The second-order valence-electron chi connectivity index (χ2n) is 5.83. The molecule has 0 saturated heterocycles. The van der Waals surface area contributed by atoms with Crippen LogP contribution >= 0.6 is 0 Å². The van der Waals surface area contributed by atoms with E-state index in [1.807, 2.05) is 37.3 Å². The minimum atomic E-state index is -3.68. The molecule has 0 unspecified atom stereocenters. The van der Waals surface area contributed by atoms with Gasteiger partial charge in [0.2, 0.25) is 10.0 Å². The van der Waals surface area contributed by atoms with Gasteiger partial charge in [-0.05, 0) is 37.5 Å². The molecule has 1 aromatic heterocycles. The summed E-state index contributed by atoms with van der Waals surface area (Å²) in [7, 11) is -3.68. The molecule has 0 fully saturated rings. The molecule has 1 N–H and O–H groups in total. The third kappa shape index (κ3) is 3.52. The minimum absolute atomic E-state index is 0.130. The first-order valence-electron chi connectivity index (χ1n) is 8.10. The molecule has 0 aliphatic carbocycles. The molecular formula is C18H20N2O4S. The lowest BCUT2D eigenvalue weighted by Crippen LogP contribution is -2.26. The van der Waals surface area contributed by atoms with Gasteiger partial charge in [-0.1, -0.05) is 30.3 Å². The molecule has 0 amide bonds. The van der Waals surface area contributed by atoms with E-state index < -0.39 is 15.8 Å². The van der Waals surface area contributed by atoms with Gasteiger partial charge in [0.25, 0.3) is 0 Å². The number of oxazole rings is 1. The van der Waals surface area contributed by atoms with Crippen molar-refractivity contribution in [2.75, 3.05) is 6.54 Å². The molecule has 0 bridgehead atoms. The van der Waals surface area contributed by atoms with Crippen molar-refractivity contribution >= 4 is 21.1 Å². The average molecular weight is 360 g/mol. The molecule has 6 nitrogen and oxygen atoms in total. The molecule has 0 spiro atoms. The standard InChI is InChI=1S/C18H20N2O4S/c1-3-20-15-11-13(2)17(12-16(15)24-18(20)21)25(22,23)19-10-9-14-7-5-4-6-8-14/h4-8,11-12,19H,3,9-10H2,1-2H3. The zero-order chi connectivity index (χ0) is 18.0. The summed E-state index contributed by atoms with van der Waals surface area (Å²) in [5, 5.41) is 0. The zero-order valence-corrected chi connectivity index (χ0v) is 15.0. The number of aromatic nitrogens is 1. The van der Waals surface area contributed by atoms with Crippen molar-refractivity contribution in [1.82, 2.24) is 9.29 Å². The minimum Gasteiger partial charge on any atom is -0.408 e. The number of rotatable bonds is 6. The third-order valence-corrected chi connectivity index (χ3v) is 5.72. The second-order valence-corrected chi connectivity index (χ2v) is 7.57. The Morgan fingerprint density at radius 1 is 1.16 bits per heavy atom. The first-order valence-corrected chi connectivity index (χ1v) is 9.58. The first kappa shape index (κ1) is 17.4. The maximum Gasteiger partial charge on any atom is 0.419 e. The zero-order valence-electron chi connectivity index (χ0n) is 14.2. The van der Waals surface area contributed by atoms with Crippen LogP contribution in [0.15, 0.2) is 56.6 Å². The van der Waals surface area contributed by atoms with E-state index in [2.05, 4.69) is 4.72 Å². The Morgan fingerprint density at radius 3 is 2.56 bits per heavy atom. The molecule has 0 radical (unpaired) electrons. The molecular weight excluding hydrogens is 340 g/mol. The Labute approximate surface area is 146 Å². The Hall–Kier alpha value is -2.38. The summed E-state index contributed by atoms with van der Waals surface area (Å²) in [6.07, 6.45) is 0.600. The first-order chi connectivity index (χ1) is 11.9. The van der Waals surface area contributed by atoms with Crippen molar-refractivity contribution < 1.29 is 12.8 Å². The van der Waals surface area contributed by atoms with E-state index in [0.717, 1.165) is 5.56 Å². The van der Waals surface area contributed by atoms with Gasteiger partial charge in [0.05, 0.1) is 10.4 Å². The van der Waals surface area contributed by atoms with E-state index in [0.29, 0.717) is 30.6 Å². The Kier molecular flexibility index (Phi) is 4.78. The van der Waals surface area contributed by atoms with E-state index in [-0.39, 0.29) is 10.5 Å². The highest BCUT2D eigenvalue weighted by atomic mass is 32.2. The predicted octanol–water partition coefficient (Wildman–Crippen LogP) is 2.44. The lowest BCUT2D eigenvalue weighted by atomic mass is 10.2. The van der Waals surface area contributed by atoms with Gasteiger partial charge >= 0.3 is 5.76 Å². The molecule has 3 rings (SSSR count). The summed E-state index contributed by atoms with van der Waals surface area (Å²) in [5.74, 6) is -0.483. The highest BCUT2D eigenvalue weighted by Gasteiger charge is 2.20. The Morgan fingerprint density at radius 2 is 1.88 bits per heavy atom. The van der Waals surface area contributed by atoms with E-state index in [1.165, 1.54) is 10.6 Å². The highest BCUT2D eigenvalue weighted by molar-refractivity contribution is 7.89. The van der Waals surface area contributed by atoms with E-state index in [9.17, 15) is 13.2 Å². The number of aryl methyl sites for hydroxylation is 2. The summed E-state index contributed by atoms with van der Waals surface area (Å²) in [6.45, 7) is 4.31. The van der Waals surface area contributed by atoms with Crippen LogP contribution in [0.4, 0.5) is 0 Å². The van der Waals surface area contributed by atoms with Crippen molar-refractivity contribution in [3.63, 3.8) is 0 Å². The van der Waals surface area contributed by atoms with Crippen molar-refractivity contribution in [3.8, 4) is 0 Å². The number of sulfonamides is 1. The topological polar surface area (TPSA) is 81.3 Å². The molecule has 7 heteroatoms. The molecule has 0 saturated carbocycles. The number of nitrogens with zero attached hydrogens (tertiary/aromatic N) is 1. The van der Waals surface area contributed by atoms with Crippen molar-refractivity contribution in [2.45, 2.75) is 31.7 Å². The average Bonchev–Trinajstić information content (AvgIpc) is 2.89. The summed E-state index contributed by atoms with van der Waals surface area (Å²) >= 11 is 0. The van der Waals surface area contributed by atoms with E-state index >= 15 is 0 Å². The van der Waals surface area contributed by atoms with Gasteiger partial charge in [-0.15, -0.1) is 0 Å².